The van der Waals surface area contributed by atoms with Gasteiger partial charge in [0.2, 0.25) is 17.1 Å². The van der Waals surface area contributed by atoms with E-state index in [1.165, 1.54) is 25.6 Å². The number of nitrogens with two attached hydrogens (primary N) is 1. The van der Waals surface area contributed by atoms with Crippen LogP contribution in [0.15, 0.2) is 41.0 Å². The van der Waals surface area contributed by atoms with E-state index in [2.05, 4.69) is 30.0 Å². The molecule has 230 valence electrons. The van der Waals surface area contributed by atoms with Crippen LogP contribution in [-0.2, 0) is 30.6 Å². The van der Waals surface area contributed by atoms with Gasteiger partial charge in [-0.1, -0.05) is 5.16 Å². The highest BCUT2D eigenvalue weighted by atomic mass is 32.2. The van der Waals surface area contributed by atoms with Crippen LogP contribution in [0.4, 0.5) is 10.8 Å². The largest absolute Gasteiger partial charge is 0.543 e. The van der Waals surface area contributed by atoms with E-state index in [1.54, 1.807) is 4.57 Å². The Hall–Kier alpha value is -4.29. The molecule has 0 spiro atoms. The van der Waals surface area contributed by atoms with Crippen molar-refractivity contribution in [2.75, 3.05) is 44.0 Å². The lowest BCUT2D eigenvalue weighted by Crippen LogP contribution is -2.71. The van der Waals surface area contributed by atoms with Crippen molar-refractivity contribution < 1.29 is 38.8 Å². The highest BCUT2D eigenvalue weighted by Crippen LogP contribution is 2.40. The summed E-state index contributed by atoms with van der Waals surface area (Å²) in [5.41, 5.74) is 4.49. The number of aromatic nitrogens is 3. The summed E-state index contributed by atoms with van der Waals surface area (Å²) in [5, 5.41) is 30.3. The van der Waals surface area contributed by atoms with Crippen molar-refractivity contribution in [3.63, 3.8) is 0 Å². The summed E-state index contributed by atoms with van der Waals surface area (Å²) in [5.74, 6) is -4.40. The van der Waals surface area contributed by atoms with Gasteiger partial charge in [-0.2, -0.15) is 9.36 Å². The first-order valence-corrected chi connectivity index (χ1v) is 14.8. The SMILES string of the molecule is CN(C)CCNc1cc[n+](CC2=C(C(=O)[O-])N3C(=O)C(NC(=O)/C(=N\OC(C)(C)C(=O)O)c4nsc(N)n4)C3SC2)cc1. The molecule has 0 saturated carbocycles. The molecule has 18 heteroatoms. The highest BCUT2D eigenvalue weighted by Gasteiger charge is 2.53. The molecule has 5 N–H and O–H groups in total. The van der Waals surface area contributed by atoms with Gasteiger partial charge in [0.25, 0.3) is 11.8 Å². The maximum Gasteiger partial charge on any atom is 0.350 e. The first kappa shape index (κ1) is 31.6. The zero-order valence-corrected chi connectivity index (χ0v) is 25.4. The molecule has 2 amide bonds. The molecule has 4 heterocycles. The van der Waals surface area contributed by atoms with E-state index in [9.17, 15) is 29.4 Å². The van der Waals surface area contributed by atoms with Crippen LogP contribution in [0.1, 0.15) is 19.7 Å². The third-order valence-corrected chi connectivity index (χ3v) is 8.31. The second-order valence-corrected chi connectivity index (χ2v) is 12.3. The highest BCUT2D eigenvalue weighted by molar-refractivity contribution is 8.00. The first-order valence-electron chi connectivity index (χ1n) is 12.9. The van der Waals surface area contributed by atoms with Gasteiger partial charge in [0.05, 0.1) is 11.7 Å². The van der Waals surface area contributed by atoms with Crippen LogP contribution in [0.5, 0.6) is 0 Å². The van der Waals surface area contributed by atoms with Gasteiger partial charge in [-0.3, -0.25) is 14.5 Å². The van der Waals surface area contributed by atoms with Crippen molar-refractivity contribution in [2.24, 2.45) is 5.16 Å². The molecule has 1 saturated heterocycles. The fourth-order valence-electron chi connectivity index (χ4n) is 4.04. The van der Waals surface area contributed by atoms with Gasteiger partial charge in [0.1, 0.15) is 11.4 Å². The number of pyridine rings is 1. The van der Waals surface area contributed by atoms with Gasteiger partial charge in [0, 0.05) is 53.8 Å². The van der Waals surface area contributed by atoms with E-state index in [-0.39, 0.29) is 29.0 Å². The van der Waals surface area contributed by atoms with E-state index in [1.807, 2.05) is 38.6 Å². The maximum absolute atomic E-state index is 13.2. The molecule has 2 aliphatic heterocycles. The van der Waals surface area contributed by atoms with Crippen LogP contribution in [0, 0.1) is 0 Å². The average Bonchev–Trinajstić information content (AvgIpc) is 3.37. The predicted molar refractivity (Wildman–Crippen MR) is 154 cm³/mol. The van der Waals surface area contributed by atoms with Crippen molar-refractivity contribution >= 4 is 63.6 Å². The summed E-state index contributed by atoms with van der Waals surface area (Å²) in [4.78, 5) is 62.1. The molecule has 0 aromatic carbocycles. The first-order chi connectivity index (χ1) is 20.3. The number of oxime groups is 1. The fraction of sp³-hybridized carbons (Fsp3) is 0.440. The summed E-state index contributed by atoms with van der Waals surface area (Å²) in [7, 11) is 3.97. The standard InChI is InChI=1S/C25H31N9O7S2/c1-25(2,23(39)40)41-30-15(18-29-24(26)43-31-18)19(35)28-16-20(36)34-17(22(37)38)13(12-42-21(16)34)11-33-8-5-14(6-9-33)27-7-10-32(3)4/h5-6,8-9,16,21H,7,10-12H2,1-4H3,(H5,26,28,29,31,35,37,38,39,40)/b30-15-. The number of nitrogens with zero attached hydrogens (tertiary/aromatic N) is 6. The zero-order valence-electron chi connectivity index (χ0n) is 23.8. The number of amides is 2. The molecule has 0 radical (unpaired) electrons. The number of hydrogen-bond donors (Lipinski definition) is 4. The van der Waals surface area contributed by atoms with E-state index in [4.69, 9.17) is 10.6 Å². The number of rotatable bonds is 13. The number of anilines is 2. The van der Waals surface area contributed by atoms with Crippen molar-refractivity contribution in [3.05, 3.63) is 41.6 Å². The van der Waals surface area contributed by atoms with E-state index in [0.717, 1.165) is 35.2 Å². The summed E-state index contributed by atoms with van der Waals surface area (Å²) in [6, 6.07) is 2.64. The van der Waals surface area contributed by atoms with Crippen LogP contribution >= 0.6 is 23.3 Å². The smallest absolute Gasteiger partial charge is 0.350 e. The molecular formula is C25H31N9O7S2. The van der Waals surface area contributed by atoms with E-state index in [0.29, 0.717) is 5.57 Å². The van der Waals surface area contributed by atoms with Crippen LogP contribution in [0.2, 0.25) is 0 Å². The Balaban J connectivity index is 1.48. The quantitative estimate of drug-likeness (QED) is 0.0818. The summed E-state index contributed by atoms with van der Waals surface area (Å²) < 4.78 is 5.73. The molecule has 16 nitrogen and oxygen atoms in total. The number of thioether (sulfide) groups is 1. The van der Waals surface area contributed by atoms with Gasteiger partial charge >= 0.3 is 5.97 Å². The van der Waals surface area contributed by atoms with Crippen LogP contribution in [0.25, 0.3) is 0 Å². The average molecular weight is 634 g/mol. The molecule has 0 bridgehead atoms. The number of nitrogens with one attached hydrogen (secondary N) is 2. The molecular weight excluding hydrogens is 602 g/mol. The lowest BCUT2D eigenvalue weighted by Gasteiger charge is -2.50. The van der Waals surface area contributed by atoms with Gasteiger partial charge in [-0.05, 0) is 27.9 Å². The third-order valence-electron chi connectivity index (χ3n) is 6.43. The molecule has 4 rings (SSSR count). The van der Waals surface area contributed by atoms with Crippen LogP contribution in [0.3, 0.4) is 0 Å². The third kappa shape index (κ3) is 7.20. The maximum atomic E-state index is 13.2. The molecule has 2 aliphatic rings. The Morgan fingerprint density at radius 3 is 2.60 bits per heavy atom. The van der Waals surface area contributed by atoms with Gasteiger partial charge in [-0.15, -0.1) is 11.8 Å². The van der Waals surface area contributed by atoms with E-state index < -0.39 is 46.5 Å². The number of carboxylic acid groups (broad SMARTS) is 2. The molecule has 2 aromatic heterocycles. The van der Waals surface area contributed by atoms with E-state index >= 15 is 0 Å². The second kappa shape index (κ2) is 12.9. The number of aliphatic carboxylic acids is 2. The summed E-state index contributed by atoms with van der Waals surface area (Å²) in [6.45, 7) is 4.29. The number of carboxylic acids is 2. The molecule has 2 unspecified atom stereocenters. The van der Waals surface area contributed by atoms with Gasteiger partial charge < -0.3 is 41.1 Å². The number of β-lactam (4-membered cyclic amide) rings is 1. The Labute approximate surface area is 254 Å². The van der Waals surface area contributed by atoms with Gasteiger partial charge in [0.15, 0.2) is 24.1 Å². The number of hydrogen-bond acceptors (Lipinski definition) is 14. The normalized spacial score (nSPS) is 18.7. The van der Waals surface area contributed by atoms with Gasteiger partial charge in [-0.25, -0.2) is 9.36 Å². The van der Waals surface area contributed by atoms with Crippen molar-refractivity contribution in [3.8, 4) is 0 Å². The number of carbonyl (C=O) groups excluding carboxylic acids is 3. The topological polar surface area (TPSA) is 219 Å². The number of fused-ring (bicyclic) bond motifs is 1. The minimum atomic E-state index is -1.79. The van der Waals surface area contributed by atoms with Crippen LogP contribution in [-0.4, -0.2) is 104 Å². The number of carbonyl (C=O) groups is 4. The molecule has 0 aliphatic carbocycles. The lowest BCUT2D eigenvalue weighted by molar-refractivity contribution is -0.689. The molecule has 43 heavy (non-hydrogen) atoms. The van der Waals surface area contributed by atoms with Crippen molar-refractivity contribution in [1.29, 1.82) is 0 Å². The Kier molecular flexibility index (Phi) is 9.51. The fourth-order valence-corrected chi connectivity index (χ4v) is 5.81. The monoisotopic (exact) mass is 633 g/mol. The minimum absolute atomic E-state index is 0.0195. The lowest BCUT2D eigenvalue weighted by atomic mass is 10.0. The molecule has 1 fully saturated rings. The molecule has 2 aromatic rings. The predicted octanol–water partition coefficient (Wildman–Crippen LogP) is -1.93. The minimum Gasteiger partial charge on any atom is -0.543 e. The van der Waals surface area contributed by atoms with Crippen molar-refractivity contribution in [1.82, 2.24) is 24.5 Å². The Bertz CT molecular complexity index is 1470. The number of likely N-dealkylation sites (N-methyl/N-ethyl adjacent to an activating group) is 1. The molecule has 2 atom stereocenters. The summed E-state index contributed by atoms with van der Waals surface area (Å²) in [6.07, 6.45) is 3.62. The number of nitrogen functional groups attached to an aromatic ring is 1. The Morgan fingerprint density at radius 2 is 2.02 bits per heavy atom. The summed E-state index contributed by atoms with van der Waals surface area (Å²) >= 11 is 2.05. The second-order valence-electron chi connectivity index (χ2n) is 10.4. The zero-order chi connectivity index (χ0) is 31.5. The van der Waals surface area contributed by atoms with Crippen molar-refractivity contribution in [2.45, 2.75) is 37.4 Å². The Morgan fingerprint density at radius 1 is 1.33 bits per heavy atom. The van der Waals surface area contributed by atoms with Crippen LogP contribution < -0.4 is 26.0 Å².